The van der Waals surface area contributed by atoms with Gasteiger partial charge in [0.05, 0.1) is 12.6 Å². The van der Waals surface area contributed by atoms with Gasteiger partial charge in [-0.05, 0) is 43.9 Å². The maximum absolute atomic E-state index is 6.49. The van der Waals surface area contributed by atoms with E-state index in [9.17, 15) is 0 Å². The Morgan fingerprint density at radius 3 is 2.66 bits per heavy atom. The van der Waals surface area contributed by atoms with Crippen LogP contribution in [0.3, 0.4) is 0 Å². The van der Waals surface area contributed by atoms with E-state index in [0.29, 0.717) is 6.54 Å². The first-order chi connectivity index (χ1) is 15.3. The standard InChI is InChI=1S/C24H28N6O.HI/c1-25-23(26-16-22-29-27-17-30(22)18-9-3-2-4-10-18)28-20-15-24(13-7-8-14-24)31-21-12-6-5-11-19(20)21;/h2-6,9-12,17,20H,7-8,13-16H2,1H3,(H2,25,26,28);1H. The van der Waals surface area contributed by atoms with Crippen LogP contribution >= 0.6 is 24.0 Å². The van der Waals surface area contributed by atoms with Gasteiger partial charge in [0.25, 0.3) is 0 Å². The Labute approximate surface area is 205 Å². The smallest absolute Gasteiger partial charge is 0.191 e. The van der Waals surface area contributed by atoms with Crippen molar-refractivity contribution < 1.29 is 4.74 Å². The highest BCUT2D eigenvalue weighted by molar-refractivity contribution is 14.0. The van der Waals surface area contributed by atoms with Crippen molar-refractivity contribution in [1.29, 1.82) is 0 Å². The van der Waals surface area contributed by atoms with Crippen molar-refractivity contribution in [3.63, 3.8) is 0 Å². The summed E-state index contributed by atoms with van der Waals surface area (Å²) in [5.74, 6) is 2.57. The van der Waals surface area contributed by atoms with Crippen LogP contribution in [-0.4, -0.2) is 33.4 Å². The minimum Gasteiger partial charge on any atom is -0.487 e. The lowest BCUT2D eigenvalue weighted by atomic mass is 9.86. The maximum atomic E-state index is 6.49. The highest BCUT2D eigenvalue weighted by atomic mass is 127. The summed E-state index contributed by atoms with van der Waals surface area (Å²) >= 11 is 0. The molecule has 5 rings (SSSR count). The molecule has 2 N–H and O–H groups in total. The molecule has 1 aromatic heterocycles. The molecule has 0 bridgehead atoms. The third-order valence-corrected chi connectivity index (χ3v) is 6.31. The summed E-state index contributed by atoms with van der Waals surface area (Å²) in [5, 5.41) is 15.4. The highest BCUT2D eigenvalue weighted by Crippen LogP contribution is 2.46. The van der Waals surface area contributed by atoms with Crippen LogP contribution in [0.25, 0.3) is 5.69 Å². The highest BCUT2D eigenvalue weighted by Gasteiger charge is 2.43. The molecule has 1 spiro atoms. The number of hydrogen-bond acceptors (Lipinski definition) is 4. The predicted molar refractivity (Wildman–Crippen MR) is 136 cm³/mol. The number of nitrogens with one attached hydrogen (secondary N) is 2. The monoisotopic (exact) mass is 544 g/mol. The normalized spacial score (nSPS) is 19.0. The van der Waals surface area contributed by atoms with Crippen LogP contribution in [-0.2, 0) is 6.54 Å². The fourth-order valence-electron chi connectivity index (χ4n) is 4.78. The summed E-state index contributed by atoms with van der Waals surface area (Å²) in [6, 6.07) is 18.6. The molecular weight excluding hydrogens is 515 g/mol. The van der Waals surface area contributed by atoms with Crippen molar-refractivity contribution >= 4 is 29.9 Å². The van der Waals surface area contributed by atoms with Gasteiger partial charge < -0.3 is 15.4 Å². The van der Waals surface area contributed by atoms with Gasteiger partial charge in [-0.15, -0.1) is 34.2 Å². The summed E-state index contributed by atoms with van der Waals surface area (Å²) in [5.41, 5.74) is 2.17. The molecule has 1 aliphatic carbocycles. The number of guanidine groups is 1. The first-order valence-electron chi connectivity index (χ1n) is 11.0. The molecule has 1 fully saturated rings. The zero-order chi connectivity index (χ0) is 21.1. The first kappa shape index (κ1) is 22.6. The molecule has 1 unspecified atom stereocenters. The minimum atomic E-state index is -0.0572. The third kappa shape index (κ3) is 4.60. The van der Waals surface area contributed by atoms with Crippen molar-refractivity contribution in [3.8, 4) is 11.4 Å². The Hall–Kier alpha value is -2.62. The lowest BCUT2D eigenvalue weighted by Gasteiger charge is -2.40. The maximum Gasteiger partial charge on any atom is 0.191 e. The van der Waals surface area contributed by atoms with E-state index in [0.717, 1.165) is 42.5 Å². The summed E-state index contributed by atoms with van der Waals surface area (Å²) in [6.45, 7) is 0.518. The van der Waals surface area contributed by atoms with E-state index in [1.807, 2.05) is 41.0 Å². The van der Waals surface area contributed by atoms with Crippen molar-refractivity contribution in [2.75, 3.05) is 7.05 Å². The van der Waals surface area contributed by atoms with E-state index in [4.69, 9.17) is 4.74 Å². The second-order valence-electron chi connectivity index (χ2n) is 8.31. The number of aromatic nitrogens is 3. The average Bonchev–Trinajstić information content (AvgIpc) is 3.46. The van der Waals surface area contributed by atoms with E-state index in [1.54, 1.807) is 13.4 Å². The lowest BCUT2D eigenvalue weighted by molar-refractivity contribution is 0.0396. The first-order valence-corrected chi connectivity index (χ1v) is 11.0. The molecule has 1 atom stereocenters. The SMILES string of the molecule is CN=C(NCc1nncn1-c1ccccc1)NC1CC2(CCCC2)Oc2ccccc21.I. The van der Waals surface area contributed by atoms with Gasteiger partial charge in [-0.1, -0.05) is 36.4 Å². The van der Waals surface area contributed by atoms with Crippen molar-refractivity contribution in [2.45, 2.75) is 50.3 Å². The van der Waals surface area contributed by atoms with Gasteiger partial charge in [0.1, 0.15) is 17.7 Å². The number of benzene rings is 2. The number of para-hydroxylation sites is 2. The van der Waals surface area contributed by atoms with Gasteiger partial charge >= 0.3 is 0 Å². The molecule has 8 heteroatoms. The summed E-state index contributed by atoms with van der Waals surface area (Å²) in [7, 11) is 1.80. The number of nitrogens with zero attached hydrogens (tertiary/aromatic N) is 4. The summed E-state index contributed by atoms with van der Waals surface area (Å²) < 4.78 is 8.47. The summed E-state index contributed by atoms with van der Waals surface area (Å²) in [6.07, 6.45) is 7.39. The Kier molecular flexibility index (Phi) is 6.98. The quantitative estimate of drug-likeness (QED) is 0.290. The Bertz CT molecular complexity index is 1060. The second kappa shape index (κ2) is 9.89. The zero-order valence-corrected chi connectivity index (χ0v) is 20.5. The van der Waals surface area contributed by atoms with Gasteiger partial charge in [0.15, 0.2) is 11.8 Å². The molecule has 1 saturated carbocycles. The topological polar surface area (TPSA) is 76.4 Å². The third-order valence-electron chi connectivity index (χ3n) is 6.31. The molecular formula is C24H29IN6O. The van der Waals surface area contributed by atoms with Gasteiger partial charge in [0.2, 0.25) is 0 Å². The van der Waals surface area contributed by atoms with Crippen LogP contribution in [0.5, 0.6) is 5.75 Å². The van der Waals surface area contributed by atoms with Crippen molar-refractivity contribution in [2.24, 2.45) is 4.99 Å². The van der Waals surface area contributed by atoms with Gasteiger partial charge in [0, 0.05) is 24.7 Å². The van der Waals surface area contributed by atoms with Crippen LogP contribution in [0.2, 0.25) is 0 Å². The molecule has 2 heterocycles. The molecule has 0 saturated heterocycles. The molecule has 7 nitrogen and oxygen atoms in total. The lowest BCUT2D eigenvalue weighted by Crippen LogP contribution is -2.46. The zero-order valence-electron chi connectivity index (χ0n) is 18.2. The Morgan fingerprint density at radius 2 is 1.88 bits per heavy atom. The van der Waals surface area contributed by atoms with Crippen LogP contribution in [0, 0.1) is 0 Å². The number of ether oxygens (including phenoxy) is 1. The molecule has 2 aliphatic rings. The van der Waals surface area contributed by atoms with Crippen LogP contribution in [0.1, 0.15) is 49.5 Å². The molecule has 0 amide bonds. The predicted octanol–water partition coefficient (Wildman–Crippen LogP) is 4.39. The largest absolute Gasteiger partial charge is 0.487 e. The van der Waals surface area contributed by atoms with Crippen molar-refractivity contribution in [3.05, 3.63) is 72.3 Å². The molecule has 32 heavy (non-hydrogen) atoms. The fraction of sp³-hybridized carbons (Fsp3) is 0.375. The van der Waals surface area contributed by atoms with Crippen LogP contribution in [0.4, 0.5) is 0 Å². The second-order valence-corrected chi connectivity index (χ2v) is 8.31. The van der Waals surface area contributed by atoms with Crippen LogP contribution in [0.15, 0.2) is 65.9 Å². The van der Waals surface area contributed by atoms with Gasteiger partial charge in [-0.3, -0.25) is 9.56 Å². The van der Waals surface area contributed by atoms with Gasteiger partial charge in [-0.2, -0.15) is 0 Å². The number of fused-ring (bicyclic) bond motifs is 1. The van der Waals surface area contributed by atoms with Gasteiger partial charge in [-0.25, -0.2) is 0 Å². The Balaban J connectivity index is 0.00000245. The van der Waals surface area contributed by atoms with E-state index >= 15 is 0 Å². The summed E-state index contributed by atoms with van der Waals surface area (Å²) in [4.78, 5) is 4.47. The molecule has 168 valence electrons. The van der Waals surface area contributed by atoms with E-state index in [2.05, 4.69) is 44.0 Å². The van der Waals surface area contributed by atoms with E-state index < -0.39 is 0 Å². The minimum absolute atomic E-state index is 0. The number of rotatable bonds is 4. The van der Waals surface area contributed by atoms with Crippen LogP contribution < -0.4 is 15.4 Å². The number of hydrogen-bond donors (Lipinski definition) is 2. The fourth-order valence-corrected chi connectivity index (χ4v) is 4.78. The molecule has 3 aromatic rings. The molecule has 2 aromatic carbocycles. The molecule has 0 radical (unpaired) electrons. The van der Waals surface area contributed by atoms with E-state index in [-0.39, 0.29) is 35.6 Å². The number of halogens is 1. The number of aliphatic imine (C=N–C) groups is 1. The average molecular weight is 544 g/mol. The molecule has 1 aliphatic heterocycles. The van der Waals surface area contributed by atoms with Crippen molar-refractivity contribution in [1.82, 2.24) is 25.4 Å². The van der Waals surface area contributed by atoms with E-state index in [1.165, 1.54) is 18.4 Å². The Morgan fingerprint density at radius 1 is 1.12 bits per heavy atom.